The molecule has 0 spiro atoms. The molecule has 1 aliphatic heterocycles. The maximum Gasteiger partial charge on any atom is 0.201 e. The van der Waals surface area contributed by atoms with E-state index in [9.17, 15) is 0 Å². The van der Waals surface area contributed by atoms with Gasteiger partial charge in [0, 0.05) is 13.1 Å². The molecule has 0 amide bonds. The Labute approximate surface area is 113 Å². The number of aromatic nitrogens is 2. The molecule has 1 saturated heterocycles. The topological polar surface area (TPSA) is 56.3 Å². The molecule has 2 heterocycles. The quantitative estimate of drug-likeness (QED) is 0.905. The Morgan fingerprint density at radius 3 is 3.11 bits per heavy atom. The number of likely N-dealkylation sites (N-methyl/N-ethyl adjacent to an activating group) is 1. The van der Waals surface area contributed by atoms with Crippen LogP contribution in [0.25, 0.3) is 11.0 Å². The van der Waals surface area contributed by atoms with Gasteiger partial charge >= 0.3 is 0 Å². The number of imidazole rings is 1. The van der Waals surface area contributed by atoms with Crippen molar-refractivity contribution in [2.45, 2.75) is 19.6 Å². The number of nitrogen functional groups attached to an aromatic ring is 1. The number of fused-ring (bicyclic) bond motifs is 1. The number of hydrogen-bond donors (Lipinski definition) is 1. The summed E-state index contributed by atoms with van der Waals surface area (Å²) in [5.74, 6) is 0.568. The normalized spacial score (nSPS) is 21.0. The Balaban J connectivity index is 1.83. The third-order valence-corrected chi connectivity index (χ3v) is 3.74. The molecule has 5 nitrogen and oxygen atoms in total. The maximum atomic E-state index is 6.02. The predicted octanol–water partition coefficient (Wildman–Crippen LogP) is 1.34. The van der Waals surface area contributed by atoms with Crippen molar-refractivity contribution in [2.24, 2.45) is 0 Å². The van der Waals surface area contributed by atoms with Crippen molar-refractivity contribution < 1.29 is 4.74 Å². The van der Waals surface area contributed by atoms with Crippen LogP contribution in [0.2, 0.25) is 0 Å². The summed E-state index contributed by atoms with van der Waals surface area (Å²) < 4.78 is 7.90. The second-order valence-corrected chi connectivity index (χ2v) is 4.96. The van der Waals surface area contributed by atoms with Gasteiger partial charge in [0.25, 0.3) is 0 Å². The highest BCUT2D eigenvalue weighted by atomic mass is 16.5. The van der Waals surface area contributed by atoms with E-state index < -0.39 is 0 Å². The number of ether oxygens (including phenoxy) is 1. The number of nitrogens with zero attached hydrogens (tertiary/aromatic N) is 3. The minimum Gasteiger partial charge on any atom is -0.374 e. The van der Waals surface area contributed by atoms with E-state index in [-0.39, 0.29) is 6.10 Å². The fraction of sp³-hybridized carbons (Fsp3) is 0.500. The van der Waals surface area contributed by atoms with Crippen LogP contribution in [0.1, 0.15) is 6.92 Å². The number of para-hydroxylation sites is 2. The Bertz CT molecular complexity index is 566. The molecule has 0 saturated carbocycles. The van der Waals surface area contributed by atoms with E-state index in [1.165, 1.54) is 0 Å². The number of anilines is 1. The zero-order chi connectivity index (χ0) is 13.2. The summed E-state index contributed by atoms with van der Waals surface area (Å²) in [6, 6.07) is 8.04. The molecule has 0 radical (unpaired) electrons. The molecule has 2 N–H and O–H groups in total. The lowest BCUT2D eigenvalue weighted by atomic mass is 10.2. The van der Waals surface area contributed by atoms with Gasteiger partial charge in [-0.25, -0.2) is 4.98 Å². The summed E-state index contributed by atoms with van der Waals surface area (Å²) in [4.78, 5) is 6.80. The Morgan fingerprint density at radius 1 is 1.42 bits per heavy atom. The molecule has 2 aromatic rings. The van der Waals surface area contributed by atoms with E-state index in [1.54, 1.807) is 0 Å². The van der Waals surface area contributed by atoms with Gasteiger partial charge in [-0.15, -0.1) is 0 Å². The summed E-state index contributed by atoms with van der Waals surface area (Å²) in [6.45, 7) is 6.80. The second kappa shape index (κ2) is 5.19. The van der Waals surface area contributed by atoms with E-state index in [4.69, 9.17) is 10.5 Å². The molecule has 1 aliphatic rings. The van der Waals surface area contributed by atoms with E-state index in [0.717, 1.165) is 43.8 Å². The standard InChI is InChI=1S/C14H20N4O/c1-2-17-7-8-19-11(9-17)10-18-13-6-4-3-5-12(13)16-14(18)15/h3-6,11H,2,7-10H2,1H3,(H2,15,16). The average Bonchev–Trinajstić information content (AvgIpc) is 2.76. The molecule has 102 valence electrons. The molecule has 0 bridgehead atoms. The minimum absolute atomic E-state index is 0.189. The summed E-state index contributed by atoms with van der Waals surface area (Å²) in [5.41, 5.74) is 8.05. The first-order valence-electron chi connectivity index (χ1n) is 6.82. The van der Waals surface area contributed by atoms with E-state index >= 15 is 0 Å². The fourth-order valence-electron chi connectivity index (χ4n) is 2.67. The lowest BCUT2D eigenvalue weighted by molar-refractivity contribution is -0.0335. The maximum absolute atomic E-state index is 6.02. The highest BCUT2D eigenvalue weighted by molar-refractivity contribution is 5.78. The molecule has 1 fully saturated rings. The van der Waals surface area contributed by atoms with Crippen LogP contribution in [-0.2, 0) is 11.3 Å². The first-order chi connectivity index (χ1) is 9.28. The molecule has 1 atom stereocenters. The third-order valence-electron chi connectivity index (χ3n) is 3.74. The molecule has 1 aromatic carbocycles. The highest BCUT2D eigenvalue weighted by Crippen LogP contribution is 2.19. The van der Waals surface area contributed by atoms with Crippen LogP contribution in [0.5, 0.6) is 0 Å². The number of hydrogen-bond acceptors (Lipinski definition) is 4. The van der Waals surface area contributed by atoms with Crippen molar-refractivity contribution in [3.05, 3.63) is 24.3 Å². The zero-order valence-electron chi connectivity index (χ0n) is 11.2. The van der Waals surface area contributed by atoms with E-state index in [1.807, 2.05) is 18.2 Å². The summed E-state index contributed by atoms with van der Waals surface area (Å²) in [5, 5.41) is 0. The molecule has 1 aromatic heterocycles. The predicted molar refractivity (Wildman–Crippen MR) is 76.0 cm³/mol. The van der Waals surface area contributed by atoms with Gasteiger partial charge in [0.2, 0.25) is 5.95 Å². The van der Waals surface area contributed by atoms with Crippen LogP contribution < -0.4 is 5.73 Å². The third kappa shape index (κ3) is 2.43. The Hall–Kier alpha value is -1.59. The van der Waals surface area contributed by atoms with Gasteiger partial charge < -0.3 is 15.0 Å². The molecular weight excluding hydrogens is 240 g/mol. The van der Waals surface area contributed by atoms with Crippen molar-refractivity contribution in [3.8, 4) is 0 Å². The Kier molecular flexibility index (Phi) is 3.40. The van der Waals surface area contributed by atoms with Crippen LogP contribution in [0.3, 0.4) is 0 Å². The molecule has 19 heavy (non-hydrogen) atoms. The zero-order valence-corrected chi connectivity index (χ0v) is 11.2. The number of benzene rings is 1. The van der Waals surface area contributed by atoms with Gasteiger partial charge in [0.1, 0.15) is 0 Å². The van der Waals surface area contributed by atoms with Gasteiger partial charge in [-0.3, -0.25) is 4.90 Å². The molecule has 5 heteroatoms. The van der Waals surface area contributed by atoms with E-state index in [0.29, 0.717) is 5.95 Å². The molecule has 0 aliphatic carbocycles. The smallest absolute Gasteiger partial charge is 0.201 e. The van der Waals surface area contributed by atoms with Gasteiger partial charge in [0.05, 0.1) is 30.3 Å². The van der Waals surface area contributed by atoms with Crippen molar-refractivity contribution in [1.29, 1.82) is 0 Å². The van der Waals surface area contributed by atoms with Gasteiger partial charge in [-0.05, 0) is 18.7 Å². The van der Waals surface area contributed by atoms with Crippen LogP contribution in [0.15, 0.2) is 24.3 Å². The SMILES string of the molecule is CCN1CCOC(Cn2c(N)nc3ccccc32)C1. The van der Waals surface area contributed by atoms with Gasteiger partial charge in [-0.1, -0.05) is 19.1 Å². The monoisotopic (exact) mass is 260 g/mol. The van der Waals surface area contributed by atoms with Crippen molar-refractivity contribution in [3.63, 3.8) is 0 Å². The molecule has 1 unspecified atom stereocenters. The first-order valence-corrected chi connectivity index (χ1v) is 6.82. The number of rotatable bonds is 3. The number of nitrogens with two attached hydrogens (primary N) is 1. The van der Waals surface area contributed by atoms with Crippen LogP contribution >= 0.6 is 0 Å². The van der Waals surface area contributed by atoms with Crippen molar-refractivity contribution in [2.75, 3.05) is 32.0 Å². The Morgan fingerprint density at radius 2 is 2.26 bits per heavy atom. The molecular formula is C14H20N4O. The van der Waals surface area contributed by atoms with Gasteiger partial charge in [0.15, 0.2) is 0 Å². The lowest BCUT2D eigenvalue weighted by Gasteiger charge is -2.32. The second-order valence-electron chi connectivity index (χ2n) is 4.96. The first kappa shape index (κ1) is 12.4. The van der Waals surface area contributed by atoms with Gasteiger partial charge in [-0.2, -0.15) is 0 Å². The summed E-state index contributed by atoms with van der Waals surface area (Å²) in [6.07, 6.45) is 0.189. The van der Waals surface area contributed by atoms with Crippen LogP contribution in [0.4, 0.5) is 5.95 Å². The highest BCUT2D eigenvalue weighted by Gasteiger charge is 2.21. The largest absolute Gasteiger partial charge is 0.374 e. The lowest BCUT2D eigenvalue weighted by Crippen LogP contribution is -2.44. The summed E-state index contributed by atoms with van der Waals surface area (Å²) in [7, 11) is 0. The number of morpholine rings is 1. The molecule has 3 rings (SSSR count). The van der Waals surface area contributed by atoms with Crippen molar-refractivity contribution in [1.82, 2.24) is 14.5 Å². The minimum atomic E-state index is 0.189. The average molecular weight is 260 g/mol. The van der Waals surface area contributed by atoms with Crippen molar-refractivity contribution >= 4 is 17.0 Å². The van der Waals surface area contributed by atoms with Crippen LogP contribution in [-0.4, -0.2) is 46.8 Å². The summed E-state index contributed by atoms with van der Waals surface area (Å²) >= 11 is 0. The van der Waals surface area contributed by atoms with E-state index in [2.05, 4.69) is 27.4 Å². The van der Waals surface area contributed by atoms with Crippen LogP contribution in [0, 0.1) is 0 Å². The fourth-order valence-corrected chi connectivity index (χ4v) is 2.67.